The molecular formula is C17H20N6O. The van der Waals surface area contributed by atoms with E-state index in [0.29, 0.717) is 18.1 Å². The van der Waals surface area contributed by atoms with E-state index in [-0.39, 0.29) is 6.10 Å². The summed E-state index contributed by atoms with van der Waals surface area (Å²) in [5.41, 5.74) is 2.90. The molecule has 4 rings (SSSR count). The van der Waals surface area contributed by atoms with Crippen LogP contribution in [0.4, 0.5) is 17.5 Å². The second-order valence-electron chi connectivity index (χ2n) is 6.04. The highest BCUT2D eigenvalue weighted by Crippen LogP contribution is 2.24. The summed E-state index contributed by atoms with van der Waals surface area (Å²) < 4.78 is 5.63. The zero-order valence-corrected chi connectivity index (χ0v) is 13.5. The number of aryl methyl sites for hydroxylation is 1. The van der Waals surface area contributed by atoms with Crippen LogP contribution in [0.5, 0.6) is 0 Å². The zero-order chi connectivity index (χ0) is 16.4. The first-order valence-corrected chi connectivity index (χ1v) is 8.18. The van der Waals surface area contributed by atoms with Crippen LogP contribution >= 0.6 is 0 Å². The molecule has 24 heavy (non-hydrogen) atoms. The zero-order valence-electron chi connectivity index (χ0n) is 13.5. The van der Waals surface area contributed by atoms with E-state index in [0.717, 1.165) is 36.3 Å². The number of aromatic amines is 1. The number of hydrogen-bond donors (Lipinski definition) is 3. The first-order valence-electron chi connectivity index (χ1n) is 8.18. The van der Waals surface area contributed by atoms with Gasteiger partial charge in [-0.2, -0.15) is 15.1 Å². The molecule has 0 amide bonds. The fourth-order valence-corrected chi connectivity index (χ4v) is 2.79. The standard InChI is InChI=1S/C17H20N6O/c1-11-4-6-12(7-5-11)20-15-14-10-19-23-16(14)22-17(21-15)18-9-13-3-2-8-24-13/h4-7,10,13H,2-3,8-9H2,1H3,(H3,18,19,20,21,22,23)/t13-/m0/s1. The molecule has 7 nitrogen and oxygen atoms in total. The van der Waals surface area contributed by atoms with Gasteiger partial charge in [0.1, 0.15) is 5.82 Å². The molecule has 1 aliphatic rings. The fourth-order valence-electron chi connectivity index (χ4n) is 2.79. The van der Waals surface area contributed by atoms with Crippen LogP contribution in [0.25, 0.3) is 11.0 Å². The lowest BCUT2D eigenvalue weighted by molar-refractivity contribution is 0.120. The lowest BCUT2D eigenvalue weighted by atomic mass is 10.2. The minimum Gasteiger partial charge on any atom is -0.376 e. The van der Waals surface area contributed by atoms with Crippen molar-refractivity contribution in [1.82, 2.24) is 20.2 Å². The van der Waals surface area contributed by atoms with Crippen LogP contribution in [-0.4, -0.2) is 39.4 Å². The van der Waals surface area contributed by atoms with E-state index < -0.39 is 0 Å². The molecule has 1 fully saturated rings. The molecule has 1 saturated heterocycles. The van der Waals surface area contributed by atoms with Crippen LogP contribution in [0.3, 0.4) is 0 Å². The summed E-state index contributed by atoms with van der Waals surface area (Å²) >= 11 is 0. The van der Waals surface area contributed by atoms with E-state index in [1.54, 1.807) is 6.20 Å². The second-order valence-corrected chi connectivity index (χ2v) is 6.04. The van der Waals surface area contributed by atoms with Crippen molar-refractivity contribution in [3.05, 3.63) is 36.0 Å². The van der Waals surface area contributed by atoms with E-state index >= 15 is 0 Å². The van der Waals surface area contributed by atoms with Crippen molar-refractivity contribution in [2.24, 2.45) is 0 Å². The topological polar surface area (TPSA) is 87.8 Å². The SMILES string of the molecule is Cc1ccc(Nc2nc(NC[C@@H]3CCCO3)nc3[nH]ncc23)cc1. The maximum atomic E-state index is 5.63. The Hall–Kier alpha value is -2.67. The number of ether oxygens (including phenoxy) is 1. The minimum atomic E-state index is 0.236. The molecule has 0 aliphatic carbocycles. The average Bonchev–Trinajstić information content (AvgIpc) is 3.26. The molecular weight excluding hydrogens is 304 g/mol. The minimum absolute atomic E-state index is 0.236. The molecule has 2 aromatic heterocycles. The third-order valence-corrected chi connectivity index (χ3v) is 4.14. The number of fused-ring (bicyclic) bond motifs is 1. The smallest absolute Gasteiger partial charge is 0.226 e. The molecule has 1 atom stereocenters. The lowest BCUT2D eigenvalue weighted by Gasteiger charge is -2.12. The highest BCUT2D eigenvalue weighted by atomic mass is 16.5. The molecule has 3 aromatic rings. The first kappa shape index (κ1) is 14.9. The summed E-state index contributed by atoms with van der Waals surface area (Å²) in [6, 6.07) is 8.19. The molecule has 0 bridgehead atoms. The number of nitrogens with one attached hydrogen (secondary N) is 3. The number of aromatic nitrogens is 4. The quantitative estimate of drug-likeness (QED) is 0.669. The molecule has 0 spiro atoms. The summed E-state index contributed by atoms with van der Waals surface area (Å²) in [5.74, 6) is 1.30. The molecule has 0 saturated carbocycles. The Morgan fingerprint density at radius 1 is 1.25 bits per heavy atom. The van der Waals surface area contributed by atoms with Crippen molar-refractivity contribution in [1.29, 1.82) is 0 Å². The summed E-state index contributed by atoms with van der Waals surface area (Å²) in [5, 5.41) is 14.5. The predicted octanol–water partition coefficient (Wildman–Crippen LogP) is 3.00. The summed E-state index contributed by atoms with van der Waals surface area (Å²) in [6.45, 7) is 3.62. The molecule has 3 heterocycles. The van der Waals surface area contributed by atoms with Crippen LogP contribution in [0.1, 0.15) is 18.4 Å². The van der Waals surface area contributed by atoms with E-state index in [4.69, 9.17) is 4.74 Å². The number of H-pyrrole nitrogens is 1. The maximum Gasteiger partial charge on any atom is 0.226 e. The van der Waals surface area contributed by atoms with Gasteiger partial charge in [0.25, 0.3) is 0 Å². The number of anilines is 3. The third-order valence-electron chi connectivity index (χ3n) is 4.14. The monoisotopic (exact) mass is 324 g/mol. The highest BCUT2D eigenvalue weighted by Gasteiger charge is 2.16. The Labute approximate surface area is 139 Å². The summed E-state index contributed by atoms with van der Waals surface area (Å²) in [4.78, 5) is 9.08. The number of benzene rings is 1. The molecule has 1 aromatic carbocycles. The molecule has 7 heteroatoms. The Bertz CT molecular complexity index is 823. The number of nitrogens with zero attached hydrogens (tertiary/aromatic N) is 3. The second kappa shape index (κ2) is 6.45. The van der Waals surface area contributed by atoms with Gasteiger partial charge in [-0.3, -0.25) is 5.10 Å². The van der Waals surface area contributed by atoms with Crippen LogP contribution in [0, 0.1) is 6.92 Å². The number of hydrogen-bond acceptors (Lipinski definition) is 6. The Morgan fingerprint density at radius 2 is 2.12 bits per heavy atom. The van der Waals surface area contributed by atoms with Gasteiger partial charge in [-0.15, -0.1) is 0 Å². The molecule has 0 unspecified atom stereocenters. The maximum absolute atomic E-state index is 5.63. The van der Waals surface area contributed by atoms with Gasteiger partial charge in [0, 0.05) is 18.8 Å². The normalized spacial score (nSPS) is 17.3. The van der Waals surface area contributed by atoms with Gasteiger partial charge in [0.2, 0.25) is 5.95 Å². The van der Waals surface area contributed by atoms with Gasteiger partial charge >= 0.3 is 0 Å². The van der Waals surface area contributed by atoms with E-state index in [2.05, 4.69) is 49.9 Å². The molecule has 124 valence electrons. The lowest BCUT2D eigenvalue weighted by Crippen LogP contribution is -2.19. The van der Waals surface area contributed by atoms with Crippen LogP contribution in [0.2, 0.25) is 0 Å². The van der Waals surface area contributed by atoms with Crippen molar-refractivity contribution in [2.45, 2.75) is 25.9 Å². The van der Waals surface area contributed by atoms with Crippen LogP contribution < -0.4 is 10.6 Å². The number of rotatable bonds is 5. The van der Waals surface area contributed by atoms with Crippen molar-refractivity contribution in [2.75, 3.05) is 23.8 Å². The summed E-state index contributed by atoms with van der Waals surface area (Å²) in [7, 11) is 0. The van der Waals surface area contributed by atoms with Gasteiger partial charge < -0.3 is 15.4 Å². The largest absolute Gasteiger partial charge is 0.376 e. The van der Waals surface area contributed by atoms with Crippen LogP contribution in [0.15, 0.2) is 30.5 Å². The van der Waals surface area contributed by atoms with Gasteiger partial charge in [-0.25, -0.2) is 0 Å². The van der Waals surface area contributed by atoms with Gasteiger partial charge in [0.15, 0.2) is 5.65 Å². The summed E-state index contributed by atoms with van der Waals surface area (Å²) in [6.07, 6.45) is 4.16. The van der Waals surface area contributed by atoms with Crippen molar-refractivity contribution in [3.8, 4) is 0 Å². The van der Waals surface area contributed by atoms with Crippen molar-refractivity contribution in [3.63, 3.8) is 0 Å². The van der Waals surface area contributed by atoms with E-state index in [9.17, 15) is 0 Å². The van der Waals surface area contributed by atoms with Crippen molar-refractivity contribution < 1.29 is 4.74 Å². The Kier molecular flexibility index (Phi) is 4.00. The Morgan fingerprint density at radius 3 is 2.92 bits per heavy atom. The highest BCUT2D eigenvalue weighted by molar-refractivity contribution is 5.89. The van der Waals surface area contributed by atoms with Crippen LogP contribution in [-0.2, 0) is 4.74 Å². The fraction of sp³-hybridized carbons (Fsp3) is 0.353. The van der Waals surface area contributed by atoms with E-state index in [1.807, 2.05) is 12.1 Å². The molecule has 0 radical (unpaired) electrons. The van der Waals surface area contributed by atoms with Gasteiger partial charge in [-0.05, 0) is 31.9 Å². The van der Waals surface area contributed by atoms with Gasteiger partial charge in [-0.1, -0.05) is 17.7 Å². The van der Waals surface area contributed by atoms with E-state index in [1.165, 1.54) is 5.56 Å². The predicted molar refractivity (Wildman–Crippen MR) is 93.6 cm³/mol. The van der Waals surface area contributed by atoms with Crippen molar-refractivity contribution >= 4 is 28.5 Å². The third kappa shape index (κ3) is 3.16. The first-order chi connectivity index (χ1) is 11.8. The molecule has 3 N–H and O–H groups in total. The average molecular weight is 324 g/mol. The Balaban J connectivity index is 1.58. The van der Waals surface area contributed by atoms with Gasteiger partial charge in [0.05, 0.1) is 17.7 Å². The molecule has 1 aliphatic heterocycles.